The van der Waals surface area contributed by atoms with Crippen molar-refractivity contribution in [2.45, 2.75) is 31.9 Å². The van der Waals surface area contributed by atoms with E-state index in [9.17, 15) is 5.11 Å². The van der Waals surface area contributed by atoms with Crippen molar-refractivity contribution in [1.82, 2.24) is 15.0 Å². The molecule has 1 unspecified atom stereocenters. The van der Waals surface area contributed by atoms with E-state index >= 15 is 0 Å². The van der Waals surface area contributed by atoms with Crippen LogP contribution in [0.3, 0.4) is 0 Å². The van der Waals surface area contributed by atoms with Crippen LogP contribution in [0.5, 0.6) is 0 Å². The van der Waals surface area contributed by atoms with Gasteiger partial charge in [0.25, 0.3) is 0 Å². The summed E-state index contributed by atoms with van der Waals surface area (Å²) in [4.78, 5) is 13.7. The molecule has 0 saturated heterocycles. The number of rotatable bonds is 7. The van der Waals surface area contributed by atoms with E-state index in [2.05, 4.69) is 34.3 Å². The average Bonchev–Trinajstić information content (AvgIpc) is 3.21. The average molecular weight is 444 g/mol. The molecular weight excluding hydrogens is 418 g/mol. The van der Waals surface area contributed by atoms with E-state index in [0.29, 0.717) is 18.8 Å². The lowest BCUT2D eigenvalue weighted by atomic mass is 10.1. The first kappa shape index (κ1) is 21.9. The Morgan fingerprint density at radius 3 is 2.66 bits per heavy atom. The Morgan fingerprint density at radius 1 is 1.12 bits per heavy atom. The molecule has 0 radical (unpaired) electrons. The molecular formula is C25H25N5OS. The highest BCUT2D eigenvalue weighted by Crippen LogP contribution is 2.32. The van der Waals surface area contributed by atoms with Crippen LogP contribution in [0.15, 0.2) is 60.2 Å². The van der Waals surface area contributed by atoms with Gasteiger partial charge in [-0.2, -0.15) is 0 Å². The van der Waals surface area contributed by atoms with Gasteiger partial charge in [0.05, 0.1) is 16.4 Å². The number of hydrogen-bond acceptors (Lipinski definition) is 7. The van der Waals surface area contributed by atoms with E-state index in [-0.39, 0.29) is 6.04 Å². The van der Waals surface area contributed by atoms with Gasteiger partial charge in [-0.25, -0.2) is 9.97 Å². The number of fused-ring (bicyclic) bond motifs is 1. The van der Waals surface area contributed by atoms with Crippen molar-refractivity contribution in [2.75, 3.05) is 11.9 Å². The second kappa shape index (κ2) is 10.3. The van der Waals surface area contributed by atoms with E-state index in [4.69, 9.17) is 15.7 Å². The zero-order valence-corrected chi connectivity index (χ0v) is 18.6. The molecule has 0 aliphatic rings. The molecule has 162 valence electrons. The molecule has 0 aliphatic carbocycles. The van der Waals surface area contributed by atoms with Crippen LogP contribution >= 0.6 is 11.3 Å². The molecule has 0 aliphatic heterocycles. The molecule has 32 heavy (non-hydrogen) atoms. The molecule has 2 atom stereocenters. The molecule has 0 fully saturated rings. The van der Waals surface area contributed by atoms with Gasteiger partial charge in [-0.15, -0.1) is 11.3 Å². The third kappa shape index (κ3) is 5.48. The fraction of sp³-hybridized carbons (Fsp3) is 0.240. The van der Waals surface area contributed by atoms with Crippen molar-refractivity contribution >= 4 is 27.4 Å². The van der Waals surface area contributed by atoms with Gasteiger partial charge in [-0.1, -0.05) is 42.2 Å². The molecule has 4 rings (SSSR count). The maximum Gasteiger partial charge on any atom is 0.162 e. The summed E-state index contributed by atoms with van der Waals surface area (Å²) in [7, 11) is 0. The maximum atomic E-state index is 9.51. The number of hydrogen-bond donors (Lipinski definition) is 3. The lowest BCUT2D eigenvalue weighted by Gasteiger charge is -2.14. The standard InChI is InChI=1S/C25H25N5OS/c1-17(31)6-5-9-20-16-32-23-22(20)29-24(19-10-12-27-13-11-19)30-25(23)28-15-21(26)14-18-7-3-2-4-8-18/h2-4,7-8,10-13,16-17,21,31H,6,14-15,26H2,1H3,(H,28,29,30)/t17?,21-/m1/s1. The second-order valence-corrected chi connectivity index (χ2v) is 8.52. The highest BCUT2D eigenvalue weighted by Gasteiger charge is 2.15. The van der Waals surface area contributed by atoms with Gasteiger partial charge in [0.2, 0.25) is 0 Å². The van der Waals surface area contributed by atoms with Crippen LogP contribution in [-0.2, 0) is 6.42 Å². The third-order valence-electron chi connectivity index (χ3n) is 4.85. The van der Waals surface area contributed by atoms with E-state index < -0.39 is 6.10 Å². The largest absolute Gasteiger partial charge is 0.392 e. The van der Waals surface area contributed by atoms with Gasteiger partial charge >= 0.3 is 0 Å². The Balaban J connectivity index is 1.64. The van der Waals surface area contributed by atoms with E-state index in [0.717, 1.165) is 33.6 Å². The zero-order valence-electron chi connectivity index (χ0n) is 17.8. The zero-order chi connectivity index (χ0) is 22.3. The number of nitrogens with zero attached hydrogens (tertiary/aromatic N) is 3. The van der Waals surface area contributed by atoms with Gasteiger partial charge in [-0.3, -0.25) is 4.98 Å². The number of anilines is 1. The molecule has 6 nitrogen and oxygen atoms in total. The van der Waals surface area contributed by atoms with E-state index in [1.165, 1.54) is 5.56 Å². The SMILES string of the molecule is CC(O)CC#Cc1csc2c(NC[C@H](N)Cc3ccccc3)nc(-c3ccncc3)nc12. The van der Waals surface area contributed by atoms with Crippen molar-refractivity contribution in [1.29, 1.82) is 0 Å². The summed E-state index contributed by atoms with van der Waals surface area (Å²) in [6, 6.07) is 13.9. The van der Waals surface area contributed by atoms with Crippen LogP contribution in [0.2, 0.25) is 0 Å². The van der Waals surface area contributed by atoms with Gasteiger partial charge < -0.3 is 16.2 Å². The molecule has 4 N–H and O–H groups in total. The number of benzene rings is 1. The Labute approximate surface area is 191 Å². The summed E-state index contributed by atoms with van der Waals surface area (Å²) in [6.45, 7) is 2.31. The van der Waals surface area contributed by atoms with E-state index in [1.54, 1.807) is 30.7 Å². The summed E-state index contributed by atoms with van der Waals surface area (Å²) in [6.07, 6.45) is 4.18. The second-order valence-electron chi connectivity index (χ2n) is 7.64. The van der Waals surface area contributed by atoms with Crippen molar-refractivity contribution in [3.63, 3.8) is 0 Å². The molecule has 1 aromatic carbocycles. The predicted octanol–water partition coefficient (Wildman–Crippen LogP) is 3.86. The molecule has 7 heteroatoms. The van der Waals surface area contributed by atoms with Crippen molar-refractivity contribution in [3.8, 4) is 23.2 Å². The first-order valence-electron chi connectivity index (χ1n) is 10.5. The third-order valence-corrected chi connectivity index (χ3v) is 5.82. The van der Waals surface area contributed by atoms with Crippen LogP contribution in [0, 0.1) is 11.8 Å². The Bertz CT molecular complexity index is 1230. The van der Waals surface area contributed by atoms with Gasteiger partial charge in [-0.05, 0) is 31.0 Å². The summed E-state index contributed by atoms with van der Waals surface area (Å²) >= 11 is 1.55. The van der Waals surface area contributed by atoms with E-state index in [1.807, 2.05) is 35.7 Å². The molecule has 3 aromatic heterocycles. The highest BCUT2D eigenvalue weighted by molar-refractivity contribution is 7.18. The first-order valence-corrected chi connectivity index (χ1v) is 11.4. The van der Waals surface area contributed by atoms with Crippen LogP contribution in [-0.4, -0.2) is 38.7 Å². The van der Waals surface area contributed by atoms with Crippen LogP contribution in [0.25, 0.3) is 21.6 Å². The molecule has 0 saturated carbocycles. The summed E-state index contributed by atoms with van der Waals surface area (Å²) in [5.41, 5.74) is 10.1. The fourth-order valence-corrected chi connectivity index (χ4v) is 4.17. The number of aromatic nitrogens is 3. The molecule has 4 aromatic rings. The van der Waals surface area contributed by atoms with Crippen molar-refractivity contribution < 1.29 is 5.11 Å². The Morgan fingerprint density at radius 2 is 1.91 bits per heavy atom. The number of pyridine rings is 1. The Hall–Kier alpha value is -3.31. The van der Waals surface area contributed by atoms with Crippen LogP contribution in [0.4, 0.5) is 5.82 Å². The van der Waals surface area contributed by atoms with Crippen molar-refractivity contribution in [2.24, 2.45) is 5.73 Å². The molecule has 0 spiro atoms. The minimum absolute atomic E-state index is 0.0583. The topological polar surface area (TPSA) is 97.0 Å². The summed E-state index contributed by atoms with van der Waals surface area (Å²) in [5, 5.41) is 14.9. The monoisotopic (exact) mass is 443 g/mol. The normalized spacial score (nSPS) is 12.7. The first-order chi connectivity index (χ1) is 15.6. The molecule has 3 heterocycles. The van der Waals surface area contributed by atoms with Crippen LogP contribution < -0.4 is 11.1 Å². The Kier molecular flexibility index (Phi) is 7.07. The minimum Gasteiger partial charge on any atom is -0.392 e. The van der Waals surface area contributed by atoms with Crippen molar-refractivity contribution in [3.05, 3.63) is 71.4 Å². The molecule has 0 bridgehead atoms. The summed E-state index contributed by atoms with van der Waals surface area (Å²) < 4.78 is 0.941. The number of nitrogens with two attached hydrogens (primary N) is 1. The molecule has 0 amide bonds. The summed E-state index contributed by atoms with van der Waals surface area (Å²) in [5.74, 6) is 7.54. The highest BCUT2D eigenvalue weighted by atomic mass is 32.1. The number of aliphatic hydroxyl groups is 1. The lowest BCUT2D eigenvalue weighted by molar-refractivity contribution is 0.201. The van der Waals surface area contributed by atoms with Crippen LogP contribution in [0.1, 0.15) is 24.5 Å². The number of aliphatic hydroxyl groups excluding tert-OH is 1. The fourth-order valence-electron chi connectivity index (χ4n) is 3.27. The van der Waals surface area contributed by atoms with Gasteiger partial charge in [0.1, 0.15) is 11.3 Å². The van der Waals surface area contributed by atoms with Gasteiger partial charge in [0.15, 0.2) is 5.82 Å². The number of nitrogens with one attached hydrogen (secondary N) is 1. The predicted molar refractivity (Wildman–Crippen MR) is 130 cm³/mol. The maximum absolute atomic E-state index is 9.51. The quantitative estimate of drug-likeness (QED) is 0.375. The van der Waals surface area contributed by atoms with Gasteiger partial charge in [0, 0.05) is 42.3 Å². The number of thiophene rings is 1. The lowest BCUT2D eigenvalue weighted by Crippen LogP contribution is -2.31. The smallest absolute Gasteiger partial charge is 0.162 e. The minimum atomic E-state index is -0.460.